The van der Waals surface area contributed by atoms with E-state index in [-0.39, 0.29) is 0 Å². The number of unbranched alkanes of at least 4 members (excludes halogenated alkanes) is 4. The van der Waals surface area contributed by atoms with Crippen LogP contribution in [0.4, 0.5) is 0 Å². The second-order valence-electron chi connectivity index (χ2n) is 7.56. The van der Waals surface area contributed by atoms with E-state index in [0.29, 0.717) is 44.0 Å². The Hall–Kier alpha value is -1.56. The van der Waals surface area contributed by atoms with Gasteiger partial charge in [0.25, 0.3) is 0 Å². The second-order valence-corrected chi connectivity index (χ2v) is 9.26. The molecule has 2 N–H and O–H groups in total. The van der Waals surface area contributed by atoms with Crippen LogP contribution in [0.1, 0.15) is 74.6 Å². The highest BCUT2D eigenvalue weighted by Crippen LogP contribution is 2.51. The third-order valence-electron chi connectivity index (χ3n) is 5.38. The minimum absolute atomic E-state index is 0.562. The molecule has 0 amide bonds. The van der Waals surface area contributed by atoms with E-state index in [1.165, 1.54) is 0 Å². The van der Waals surface area contributed by atoms with Gasteiger partial charge in [0, 0.05) is 44.0 Å². The maximum absolute atomic E-state index is 11.9. The lowest BCUT2D eigenvalue weighted by molar-refractivity contribution is 0.0931. The van der Waals surface area contributed by atoms with Crippen molar-refractivity contribution < 1.29 is 10.2 Å². The van der Waals surface area contributed by atoms with Gasteiger partial charge in [-0.25, -0.2) is 0 Å². The van der Waals surface area contributed by atoms with E-state index in [4.69, 9.17) is 0 Å². The summed E-state index contributed by atoms with van der Waals surface area (Å²) in [4.78, 5) is 0. The number of hydrogen-bond donors (Lipinski definition) is 2. The number of fused-ring (bicyclic) bond motifs is 2. The lowest BCUT2D eigenvalue weighted by Crippen LogP contribution is -2.42. The van der Waals surface area contributed by atoms with Crippen molar-refractivity contribution in [2.45, 2.75) is 63.6 Å². The standard InChI is InChI=1S/C26H26Br2O2/c1-3-5-7-9-17-25(29)19-13-11-16-22(28)24(19)26(30,18-10-8-6-4-2)20-14-12-15-21(27)23(20)25/h11-16,29-30H,3-8H2,1-2H3/t25-,26-/m0/s1. The number of halogens is 2. The average molecular weight is 530 g/mol. The maximum atomic E-state index is 11.9. The van der Waals surface area contributed by atoms with Crippen LogP contribution in [0, 0.1) is 23.7 Å². The van der Waals surface area contributed by atoms with Crippen molar-refractivity contribution in [1.82, 2.24) is 0 Å². The molecular weight excluding hydrogens is 504 g/mol. The SMILES string of the molecule is CCCCC#C[C@]1(O)c2cccc(Br)c2[C@](O)(C#CCCCC)c2cccc(Br)c21. The van der Waals surface area contributed by atoms with Crippen molar-refractivity contribution in [3.8, 4) is 23.7 Å². The van der Waals surface area contributed by atoms with Gasteiger partial charge in [0.15, 0.2) is 11.2 Å². The molecular formula is C26H26Br2O2. The van der Waals surface area contributed by atoms with Crippen molar-refractivity contribution in [2.75, 3.05) is 0 Å². The van der Waals surface area contributed by atoms with Crippen LogP contribution in [0.3, 0.4) is 0 Å². The molecule has 2 nitrogen and oxygen atoms in total. The van der Waals surface area contributed by atoms with Crippen molar-refractivity contribution >= 4 is 31.9 Å². The molecule has 156 valence electrons. The zero-order valence-corrected chi connectivity index (χ0v) is 20.5. The minimum atomic E-state index is -1.54. The predicted octanol–water partition coefficient (Wildman–Crippen LogP) is 6.38. The molecule has 2 aromatic rings. The van der Waals surface area contributed by atoms with Crippen LogP contribution in [0.5, 0.6) is 0 Å². The maximum Gasteiger partial charge on any atom is 0.178 e. The molecule has 0 aromatic heterocycles. The molecule has 30 heavy (non-hydrogen) atoms. The van der Waals surface area contributed by atoms with Crippen molar-refractivity contribution in [1.29, 1.82) is 0 Å². The Morgan fingerprint density at radius 3 is 1.50 bits per heavy atom. The Morgan fingerprint density at radius 1 is 0.733 bits per heavy atom. The predicted molar refractivity (Wildman–Crippen MR) is 129 cm³/mol. The summed E-state index contributed by atoms with van der Waals surface area (Å²) in [5, 5.41) is 23.9. The number of benzene rings is 2. The van der Waals surface area contributed by atoms with Gasteiger partial charge in [0.05, 0.1) is 0 Å². The van der Waals surface area contributed by atoms with Crippen molar-refractivity contribution in [3.63, 3.8) is 0 Å². The van der Waals surface area contributed by atoms with E-state index in [1.807, 2.05) is 36.4 Å². The Morgan fingerprint density at radius 2 is 1.13 bits per heavy atom. The minimum Gasteiger partial charge on any atom is -0.369 e. The van der Waals surface area contributed by atoms with Gasteiger partial charge in [0.2, 0.25) is 0 Å². The fourth-order valence-electron chi connectivity index (χ4n) is 3.83. The van der Waals surface area contributed by atoms with E-state index < -0.39 is 11.2 Å². The van der Waals surface area contributed by atoms with Crippen LogP contribution >= 0.6 is 31.9 Å². The lowest BCUT2D eigenvalue weighted by Gasteiger charge is -2.41. The number of hydrogen-bond acceptors (Lipinski definition) is 2. The highest BCUT2D eigenvalue weighted by atomic mass is 79.9. The summed E-state index contributed by atoms with van der Waals surface area (Å²) in [5.41, 5.74) is -0.835. The summed E-state index contributed by atoms with van der Waals surface area (Å²) in [5.74, 6) is 12.6. The Balaban J connectivity index is 2.31. The van der Waals surface area contributed by atoms with Crippen LogP contribution in [0.25, 0.3) is 0 Å². The zero-order chi connectivity index (χ0) is 21.8. The molecule has 2 aromatic carbocycles. The first-order valence-electron chi connectivity index (χ1n) is 10.4. The van der Waals surface area contributed by atoms with Gasteiger partial charge < -0.3 is 10.2 Å². The first-order valence-corrected chi connectivity index (χ1v) is 12.0. The van der Waals surface area contributed by atoms with Crippen LogP contribution in [-0.4, -0.2) is 10.2 Å². The van der Waals surface area contributed by atoms with E-state index >= 15 is 0 Å². The summed E-state index contributed by atoms with van der Waals surface area (Å²) >= 11 is 7.19. The topological polar surface area (TPSA) is 40.5 Å². The monoisotopic (exact) mass is 528 g/mol. The molecule has 4 heteroatoms. The summed E-state index contributed by atoms with van der Waals surface area (Å²) in [7, 11) is 0. The van der Waals surface area contributed by atoms with Crippen LogP contribution in [0.15, 0.2) is 45.3 Å². The van der Waals surface area contributed by atoms with Crippen molar-refractivity contribution in [3.05, 3.63) is 67.6 Å². The quantitative estimate of drug-likeness (QED) is 0.356. The largest absolute Gasteiger partial charge is 0.369 e. The van der Waals surface area contributed by atoms with E-state index in [1.54, 1.807) is 0 Å². The van der Waals surface area contributed by atoms with Crippen LogP contribution in [0.2, 0.25) is 0 Å². The molecule has 0 bridgehead atoms. The molecule has 3 rings (SSSR count). The van der Waals surface area contributed by atoms with Gasteiger partial charge in [0.1, 0.15) is 0 Å². The molecule has 0 unspecified atom stereocenters. The normalized spacial score (nSPS) is 21.5. The van der Waals surface area contributed by atoms with E-state index in [9.17, 15) is 10.2 Å². The smallest absolute Gasteiger partial charge is 0.178 e. The Kier molecular flexibility index (Phi) is 7.48. The molecule has 0 saturated heterocycles. The fourth-order valence-corrected chi connectivity index (χ4v) is 5.13. The van der Waals surface area contributed by atoms with Gasteiger partial charge in [-0.05, 0) is 25.0 Å². The molecule has 0 aliphatic heterocycles. The molecule has 1 aliphatic carbocycles. The molecule has 0 fully saturated rings. The first-order chi connectivity index (χ1) is 14.4. The third kappa shape index (κ3) is 4.12. The molecule has 0 radical (unpaired) electrons. The van der Waals surface area contributed by atoms with Gasteiger partial charge >= 0.3 is 0 Å². The zero-order valence-electron chi connectivity index (χ0n) is 17.4. The molecule has 2 atom stereocenters. The molecule has 0 heterocycles. The summed E-state index contributed by atoms with van der Waals surface area (Å²) in [6.07, 6.45) is 5.46. The van der Waals surface area contributed by atoms with Gasteiger partial charge in [-0.2, -0.15) is 0 Å². The number of aliphatic hydroxyl groups is 2. The third-order valence-corrected chi connectivity index (χ3v) is 6.70. The second kappa shape index (κ2) is 9.71. The summed E-state index contributed by atoms with van der Waals surface area (Å²) < 4.78 is 1.40. The highest BCUT2D eigenvalue weighted by Gasteiger charge is 2.50. The highest BCUT2D eigenvalue weighted by molar-refractivity contribution is 9.10. The summed E-state index contributed by atoms with van der Waals surface area (Å²) in [6, 6.07) is 11.1. The fraction of sp³-hybridized carbons (Fsp3) is 0.385. The van der Waals surface area contributed by atoms with E-state index in [2.05, 4.69) is 69.4 Å². The van der Waals surface area contributed by atoms with Gasteiger partial charge in [-0.1, -0.05) is 106 Å². The van der Waals surface area contributed by atoms with Crippen molar-refractivity contribution in [2.24, 2.45) is 0 Å². The molecule has 0 spiro atoms. The Labute approximate surface area is 196 Å². The summed E-state index contributed by atoms with van der Waals surface area (Å²) in [6.45, 7) is 4.24. The molecule has 0 saturated carbocycles. The lowest BCUT2D eigenvalue weighted by atomic mass is 9.68. The van der Waals surface area contributed by atoms with Gasteiger partial charge in [-0.3, -0.25) is 0 Å². The van der Waals surface area contributed by atoms with E-state index in [0.717, 1.165) is 25.7 Å². The van der Waals surface area contributed by atoms with Crippen LogP contribution in [-0.2, 0) is 11.2 Å². The molecule has 1 aliphatic rings. The Bertz CT molecular complexity index is 969. The average Bonchev–Trinajstić information content (AvgIpc) is 2.73. The van der Waals surface area contributed by atoms with Crippen LogP contribution < -0.4 is 0 Å². The first kappa shape index (κ1) is 23.1. The van der Waals surface area contributed by atoms with Gasteiger partial charge in [-0.15, -0.1) is 0 Å². The number of rotatable bonds is 4.